The SMILES string of the molecule is O=C1C=CC(=O)C=C1.ONC1=CC2=NC1=CC1=NC(=CC3=NC(=CC4=NC(=C2)C=C4)C=C3)C=C1.[Fe]. The number of hydrogen-bond donors (Lipinski definition) is 2. The predicted octanol–water partition coefficient (Wildman–Crippen LogP) is 3.13. The normalized spacial score (nSPS) is 20.4. The molecule has 0 aromatic carbocycles. The Kier molecular flexibility index (Phi) is 7.03. The number of carbonyl (C=O) groups is 2. The summed E-state index contributed by atoms with van der Waals surface area (Å²) in [7, 11) is 0. The van der Waals surface area contributed by atoms with Crippen LogP contribution in [-0.4, -0.2) is 39.6 Å². The van der Waals surface area contributed by atoms with E-state index in [1.54, 1.807) is 6.08 Å². The number of ketones is 2. The van der Waals surface area contributed by atoms with Crippen molar-refractivity contribution in [1.29, 1.82) is 0 Å². The minimum Gasteiger partial charge on any atom is -0.291 e. The Balaban J connectivity index is 0.000000276. The fraction of sp³-hybridized carbons (Fsp3) is 0. The standard InChI is InChI=1S/C20H13N5O.C6H4O2.Fe/c26-25-20-11-18-9-16-4-3-14(22-16)7-12-1-2-13(21-12)8-15-5-6-17(23-15)10-19(20)24-18;7-5-1-2-6(8)4-3-5;/h1-11,25-26H;1-4H;. The van der Waals surface area contributed by atoms with Crippen LogP contribution in [0.2, 0.25) is 0 Å². The number of hydroxylamine groups is 1. The zero-order valence-corrected chi connectivity index (χ0v) is 19.2. The Morgan fingerprint density at radius 1 is 0.514 bits per heavy atom. The zero-order valence-electron chi connectivity index (χ0n) is 18.1. The number of hydrogen-bond acceptors (Lipinski definition) is 8. The van der Waals surface area contributed by atoms with Gasteiger partial charge in [-0.15, -0.1) is 0 Å². The molecule has 0 saturated heterocycles. The maximum atomic E-state index is 10.3. The molecule has 35 heavy (non-hydrogen) atoms. The van der Waals surface area contributed by atoms with Crippen LogP contribution in [0.1, 0.15) is 0 Å². The van der Waals surface area contributed by atoms with Crippen molar-refractivity contribution in [2.24, 2.45) is 20.0 Å². The number of allylic oxidation sites excluding steroid dienone is 15. The second kappa shape index (κ2) is 10.3. The van der Waals surface area contributed by atoms with Crippen molar-refractivity contribution < 1.29 is 31.9 Å². The molecular weight excluding hydrogens is 486 g/mol. The fourth-order valence-electron chi connectivity index (χ4n) is 3.43. The minimum absolute atomic E-state index is 0. The summed E-state index contributed by atoms with van der Waals surface area (Å²) in [5.41, 5.74) is 8.94. The van der Waals surface area contributed by atoms with Crippen molar-refractivity contribution in [3.05, 3.63) is 120 Å². The van der Waals surface area contributed by atoms with Gasteiger partial charge < -0.3 is 0 Å². The monoisotopic (exact) mass is 503 g/mol. The van der Waals surface area contributed by atoms with Gasteiger partial charge in [-0.2, -0.15) is 0 Å². The topological polar surface area (TPSA) is 116 Å². The number of carbonyl (C=O) groups excluding carboxylic acids is 2. The van der Waals surface area contributed by atoms with Crippen LogP contribution in [0.4, 0.5) is 0 Å². The van der Waals surface area contributed by atoms with Gasteiger partial charge in [-0.05, 0) is 91.1 Å². The third-order valence-corrected chi connectivity index (χ3v) is 4.98. The maximum Gasteiger partial charge on any atom is 0.178 e. The van der Waals surface area contributed by atoms with Gasteiger partial charge in [0.15, 0.2) is 11.6 Å². The second-order valence-electron chi connectivity index (χ2n) is 7.53. The van der Waals surface area contributed by atoms with Crippen LogP contribution >= 0.6 is 0 Å². The van der Waals surface area contributed by atoms with Crippen molar-refractivity contribution in [2.75, 3.05) is 0 Å². The summed E-state index contributed by atoms with van der Waals surface area (Å²) in [6.45, 7) is 0. The first kappa shape index (κ1) is 23.8. The van der Waals surface area contributed by atoms with Crippen LogP contribution in [0.3, 0.4) is 0 Å². The first-order valence-corrected chi connectivity index (χ1v) is 10.4. The average Bonchev–Trinajstić information content (AvgIpc) is 3.61. The second-order valence-corrected chi connectivity index (χ2v) is 7.53. The van der Waals surface area contributed by atoms with E-state index in [0.717, 1.165) is 34.2 Å². The Morgan fingerprint density at radius 3 is 1.40 bits per heavy atom. The van der Waals surface area contributed by atoms with E-state index in [4.69, 9.17) is 0 Å². The summed E-state index contributed by atoms with van der Waals surface area (Å²) in [6, 6.07) is 0. The molecule has 0 unspecified atom stereocenters. The van der Waals surface area contributed by atoms with Crippen molar-refractivity contribution >= 4 is 34.4 Å². The van der Waals surface area contributed by atoms with E-state index in [9.17, 15) is 14.8 Å². The fourth-order valence-corrected chi connectivity index (χ4v) is 3.43. The molecular formula is C26H17FeN5O3. The average molecular weight is 503 g/mol. The molecule has 0 aromatic heterocycles. The van der Waals surface area contributed by atoms with Crippen LogP contribution in [0, 0.1) is 0 Å². The van der Waals surface area contributed by atoms with Gasteiger partial charge in [-0.1, -0.05) is 0 Å². The largest absolute Gasteiger partial charge is 0.291 e. The van der Waals surface area contributed by atoms with Gasteiger partial charge in [0.2, 0.25) is 0 Å². The third-order valence-electron chi connectivity index (χ3n) is 4.98. The van der Waals surface area contributed by atoms with E-state index in [2.05, 4.69) is 25.4 Å². The molecule has 0 atom stereocenters. The van der Waals surface area contributed by atoms with Crippen LogP contribution in [0.5, 0.6) is 0 Å². The smallest absolute Gasteiger partial charge is 0.178 e. The summed E-state index contributed by atoms with van der Waals surface area (Å²) in [6.07, 6.45) is 25.9. The molecule has 5 heterocycles. The zero-order chi connectivity index (χ0) is 23.5. The molecule has 0 saturated carbocycles. The first-order valence-electron chi connectivity index (χ1n) is 10.4. The van der Waals surface area contributed by atoms with E-state index >= 15 is 0 Å². The van der Waals surface area contributed by atoms with Crippen molar-refractivity contribution in [2.45, 2.75) is 0 Å². The number of nitrogens with zero attached hydrogens (tertiary/aromatic N) is 4. The molecule has 6 aliphatic rings. The van der Waals surface area contributed by atoms with Crippen LogP contribution < -0.4 is 5.48 Å². The van der Waals surface area contributed by atoms with Gasteiger partial charge in [-0.25, -0.2) is 20.0 Å². The number of rotatable bonds is 1. The Hall–Kier alpha value is -4.30. The summed E-state index contributed by atoms with van der Waals surface area (Å²) >= 11 is 0. The van der Waals surface area contributed by atoms with Gasteiger partial charge >= 0.3 is 0 Å². The Labute approximate surface area is 211 Å². The third kappa shape index (κ3) is 5.80. The molecule has 0 fully saturated rings. The van der Waals surface area contributed by atoms with Crippen molar-refractivity contribution in [3.63, 3.8) is 0 Å². The quantitative estimate of drug-likeness (QED) is 0.325. The van der Waals surface area contributed by atoms with E-state index in [0.29, 0.717) is 17.1 Å². The summed E-state index contributed by atoms with van der Waals surface area (Å²) in [5, 5.41) is 9.39. The molecule has 9 heteroatoms. The summed E-state index contributed by atoms with van der Waals surface area (Å²) in [5.74, 6) is -0.241. The van der Waals surface area contributed by atoms with E-state index < -0.39 is 0 Å². The number of nitrogens with one attached hydrogen (secondary N) is 1. The molecule has 6 rings (SSSR count). The molecule has 0 aromatic rings. The van der Waals surface area contributed by atoms with Gasteiger partial charge in [0.1, 0.15) is 0 Å². The van der Waals surface area contributed by atoms with Gasteiger partial charge in [0.05, 0.1) is 51.3 Å². The number of aliphatic imine (C=N–C) groups is 4. The molecule has 2 N–H and O–H groups in total. The Morgan fingerprint density at radius 2 is 0.943 bits per heavy atom. The molecule has 8 nitrogen and oxygen atoms in total. The number of fused-ring (bicyclic) bond motifs is 4. The predicted molar refractivity (Wildman–Crippen MR) is 131 cm³/mol. The Bertz CT molecular complexity index is 1410. The molecule has 8 bridgehead atoms. The van der Waals surface area contributed by atoms with Crippen LogP contribution in [0.25, 0.3) is 0 Å². The summed E-state index contributed by atoms with van der Waals surface area (Å²) in [4.78, 5) is 38.8. The van der Waals surface area contributed by atoms with Crippen molar-refractivity contribution in [3.8, 4) is 0 Å². The van der Waals surface area contributed by atoms with E-state index in [-0.39, 0.29) is 28.6 Å². The van der Waals surface area contributed by atoms with Crippen LogP contribution in [0.15, 0.2) is 140 Å². The maximum absolute atomic E-state index is 10.3. The molecule has 5 aliphatic heterocycles. The van der Waals surface area contributed by atoms with E-state index in [1.807, 2.05) is 60.8 Å². The van der Waals surface area contributed by atoms with E-state index in [1.165, 1.54) is 24.3 Å². The minimum atomic E-state index is -0.121. The van der Waals surface area contributed by atoms with Crippen LogP contribution in [-0.2, 0) is 26.7 Å². The van der Waals surface area contributed by atoms with Gasteiger partial charge in [0.25, 0.3) is 0 Å². The van der Waals surface area contributed by atoms with Gasteiger partial charge in [-0.3, -0.25) is 20.3 Å². The molecule has 172 valence electrons. The molecule has 0 spiro atoms. The van der Waals surface area contributed by atoms with Crippen molar-refractivity contribution in [1.82, 2.24) is 5.48 Å². The van der Waals surface area contributed by atoms with Gasteiger partial charge in [0, 0.05) is 17.1 Å². The molecule has 1 aliphatic carbocycles. The molecule has 0 amide bonds. The first-order chi connectivity index (χ1) is 16.5. The summed E-state index contributed by atoms with van der Waals surface area (Å²) < 4.78 is 0. The molecule has 0 radical (unpaired) electrons.